The SMILES string of the molecule is COC(=O)c1c(N(C(=O)OC)S(=O)c2ccc(F)cc2/C=C\CN2CC[C@@H](CO)C2)ccc2c1OC[C@@H]1C[C@H]21. The van der Waals surface area contributed by atoms with Crippen molar-refractivity contribution < 1.29 is 37.5 Å². The largest absolute Gasteiger partial charge is 0.492 e. The Hall–Kier alpha value is -3.28. The zero-order valence-electron chi connectivity index (χ0n) is 21.8. The van der Waals surface area contributed by atoms with E-state index in [0.717, 1.165) is 49.0 Å². The number of rotatable bonds is 8. The molecule has 2 fully saturated rings. The van der Waals surface area contributed by atoms with Gasteiger partial charge in [-0.2, -0.15) is 4.31 Å². The van der Waals surface area contributed by atoms with Gasteiger partial charge in [0, 0.05) is 25.6 Å². The summed E-state index contributed by atoms with van der Waals surface area (Å²) in [5.74, 6) is -0.0609. The molecule has 1 saturated carbocycles. The van der Waals surface area contributed by atoms with Crippen molar-refractivity contribution in [1.82, 2.24) is 4.90 Å². The van der Waals surface area contributed by atoms with E-state index in [9.17, 15) is 23.3 Å². The first kappa shape index (κ1) is 27.3. The molecular weight excluding hydrogens is 527 g/mol. The van der Waals surface area contributed by atoms with Crippen LogP contribution in [0.2, 0.25) is 0 Å². The summed E-state index contributed by atoms with van der Waals surface area (Å²) in [7, 11) is 0.138. The predicted octanol–water partition coefficient (Wildman–Crippen LogP) is 3.73. The number of amides is 1. The van der Waals surface area contributed by atoms with E-state index in [1.54, 1.807) is 18.2 Å². The van der Waals surface area contributed by atoms with Gasteiger partial charge in [0.15, 0.2) is 11.0 Å². The van der Waals surface area contributed by atoms with E-state index in [1.807, 2.05) is 6.08 Å². The highest BCUT2D eigenvalue weighted by Gasteiger charge is 2.46. The Bertz CT molecular complexity index is 1330. The summed E-state index contributed by atoms with van der Waals surface area (Å²) in [5.41, 5.74) is 1.17. The van der Waals surface area contributed by atoms with E-state index in [4.69, 9.17) is 14.2 Å². The summed E-state index contributed by atoms with van der Waals surface area (Å²) < 4.78 is 45.1. The van der Waals surface area contributed by atoms with Crippen molar-refractivity contribution in [2.24, 2.45) is 11.8 Å². The van der Waals surface area contributed by atoms with Crippen molar-refractivity contribution in [1.29, 1.82) is 0 Å². The molecule has 1 amide bonds. The number of carbonyl (C=O) groups excluding carboxylic acids is 2. The zero-order valence-corrected chi connectivity index (χ0v) is 22.6. The lowest BCUT2D eigenvalue weighted by Crippen LogP contribution is -2.35. The number of likely N-dealkylation sites (tertiary alicyclic amines) is 1. The Morgan fingerprint density at radius 2 is 2.08 bits per heavy atom. The van der Waals surface area contributed by atoms with E-state index in [2.05, 4.69) is 4.90 Å². The lowest BCUT2D eigenvalue weighted by atomic mass is 10.00. The fourth-order valence-corrected chi connectivity index (χ4v) is 6.56. The first-order chi connectivity index (χ1) is 18.9. The van der Waals surface area contributed by atoms with Gasteiger partial charge in [-0.3, -0.25) is 4.90 Å². The van der Waals surface area contributed by atoms with Crippen LogP contribution in [-0.2, 0) is 20.5 Å². The van der Waals surface area contributed by atoms with Crippen LogP contribution in [0, 0.1) is 17.7 Å². The highest BCUT2D eigenvalue weighted by Crippen LogP contribution is 2.55. The molecule has 2 aromatic carbocycles. The average Bonchev–Trinajstić information content (AvgIpc) is 3.61. The Kier molecular flexibility index (Phi) is 8.01. The number of ether oxygens (including phenoxy) is 3. The van der Waals surface area contributed by atoms with E-state index in [1.165, 1.54) is 19.2 Å². The third kappa shape index (κ3) is 5.43. The van der Waals surface area contributed by atoms with Crippen LogP contribution in [0.3, 0.4) is 0 Å². The molecule has 0 bridgehead atoms. The van der Waals surface area contributed by atoms with Crippen LogP contribution in [-0.4, -0.2) is 73.3 Å². The maximum atomic E-state index is 14.3. The van der Waals surface area contributed by atoms with Gasteiger partial charge in [0.1, 0.15) is 17.1 Å². The molecule has 2 heterocycles. The van der Waals surface area contributed by atoms with Gasteiger partial charge in [-0.1, -0.05) is 18.2 Å². The lowest BCUT2D eigenvalue weighted by Gasteiger charge is -2.26. The number of aliphatic hydroxyl groups is 1. The maximum absolute atomic E-state index is 14.3. The monoisotopic (exact) mass is 558 g/mol. The van der Waals surface area contributed by atoms with Gasteiger partial charge in [-0.15, -0.1) is 0 Å². The topological polar surface area (TPSA) is 106 Å². The molecule has 39 heavy (non-hydrogen) atoms. The summed E-state index contributed by atoms with van der Waals surface area (Å²) in [6.45, 7) is 2.74. The number of aliphatic hydroxyl groups excluding tert-OH is 1. The third-order valence-electron chi connectivity index (χ3n) is 7.49. The van der Waals surface area contributed by atoms with Crippen LogP contribution in [0.4, 0.5) is 14.9 Å². The van der Waals surface area contributed by atoms with Crippen molar-refractivity contribution in [2.75, 3.05) is 51.4 Å². The molecule has 5 rings (SSSR count). The molecule has 1 N–H and O–H groups in total. The van der Waals surface area contributed by atoms with Crippen molar-refractivity contribution >= 4 is 34.8 Å². The molecular formula is C28H31FN2O7S. The van der Waals surface area contributed by atoms with Gasteiger partial charge in [0.05, 0.1) is 31.4 Å². The molecule has 2 aromatic rings. The Morgan fingerprint density at radius 3 is 2.79 bits per heavy atom. The minimum Gasteiger partial charge on any atom is -0.492 e. The number of halogens is 1. The molecule has 208 valence electrons. The number of anilines is 1. The quantitative estimate of drug-likeness (QED) is 0.489. The third-order valence-corrected chi connectivity index (χ3v) is 8.92. The second kappa shape index (κ2) is 11.4. The Morgan fingerprint density at radius 1 is 1.26 bits per heavy atom. The number of fused-ring (bicyclic) bond motifs is 3. The first-order valence-corrected chi connectivity index (χ1v) is 13.9. The van der Waals surface area contributed by atoms with E-state index < -0.39 is 28.9 Å². The smallest absolute Gasteiger partial charge is 0.426 e. The molecule has 9 nitrogen and oxygen atoms in total. The molecule has 0 spiro atoms. The molecule has 1 unspecified atom stereocenters. The van der Waals surface area contributed by atoms with Crippen molar-refractivity contribution in [2.45, 2.75) is 23.7 Å². The van der Waals surface area contributed by atoms with Crippen molar-refractivity contribution in [3.8, 4) is 5.75 Å². The summed E-state index contributed by atoms with van der Waals surface area (Å²) in [6, 6.07) is 7.07. The van der Waals surface area contributed by atoms with Crippen molar-refractivity contribution in [3.05, 3.63) is 58.9 Å². The van der Waals surface area contributed by atoms with Crippen LogP contribution < -0.4 is 9.04 Å². The summed E-state index contributed by atoms with van der Waals surface area (Å²) in [5, 5.41) is 9.38. The molecule has 2 aliphatic heterocycles. The average molecular weight is 559 g/mol. The highest BCUT2D eigenvalue weighted by atomic mass is 32.2. The van der Waals surface area contributed by atoms with Gasteiger partial charge in [0.25, 0.3) is 0 Å². The summed E-state index contributed by atoms with van der Waals surface area (Å²) in [4.78, 5) is 28.3. The van der Waals surface area contributed by atoms with Gasteiger partial charge in [0.2, 0.25) is 0 Å². The van der Waals surface area contributed by atoms with Crippen LogP contribution in [0.25, 0.3) is 6.08 Å². The van der Waals surface area contributed by atoms with Gasteiger partial charge < -0.3 is 19.3 Å². The number of benzene rings is 2. The second-order valence-corrected chi connectivity index (χ2v) is 11.3. The molecule has 3 aliphatic rings. The lowest BCUT2D eigenvalue weighted by molar-refractivity contribution is 0.0596. The number of methoxy groups -OCH3 is 2. The molecule has 1 saturated heterocycles. The fraction of sp³-hybridized carbons (Fsp3) is 0.429. The first-order valence-electron chi connectivity index (χ1n) is 12.8. The van der Waals surface area contributed by atoms with Crippen LogP contribution in [0.15, 0.2) is 41.3 Å². The predicted molar refractivity (Wildman–Crippen MR) is 142 cm³/mol. The van der Waals surface area contributed by atoms with Crippen molar-refractivity contribution in [3.63, 3.8) is 0 Å². The summed E-state index contributed by atoms with van der Waals surface area (Å²) in [6.07, 6.45) is 4.37. The summed E-state index contributed by atoms with van der Waals surface area (Å²) >= 11 is 0. The Balaban J connectivity index is 1.51. The van der Waals surface area contributed by atoms with E-state index in [-0.39, 0.29) is 34.6 Å². The van der Waals surface area contributed by atoms with Gasteiger partial charge in [-0.05, 0) is 66.6 Å². The standard InChI is InChI=1S/C28H31FN2O7S/c1-36-27(33)25-23(7-6-21-22-13-19(22)16-38-26(21)25)31(28(34)37-2)39(35)24-8-5-20(29)12-18(24)4-3-10-30-11-9-17(14-30)15-32/h3-8,12,17,19,22,32H,9-11,13-16H2,1-2H3/b4-3-/t17-,19+,22+,39?/m1/s1. The molecule has 1 aliphatic carbocycles. The number of esters is 1. The van der Waals surface area contributed by atoms with E-state index >= 15 is 0 Å². The minimum absolute atomic E-state index is 0.00854. The van der Waals surface area contributed by atoms with Crippen LogP contribution in [0.5, 0.6) is 5.75 Å². The normalized spacial score (nSPS) is 22.5. The second-order valence-electron chi connectivity index (χ2n) is 9.98. The number of nitrogens with zero attached hydrogens (tertiary/aromatic N) is 2. The van der Waals surface area contributed by atoms with Gasteiger partial charge in [-0.25, -0.2) is 18.2 Å². The maximum Gasteiger partial charge on any atom is 0.426 e. The minimum atomic E-state index is -2.23. The number of hydrogen-bond acceptors (Lipinski definition) is 8. The number of carbonyl (C=O) groups is 2. The van der Waals surface area contributed by atoms with Crippen LogP contribution >= 0.6 is 0 Å². The molecule has 11 heteroatoms. The number of hydrogen-bond donors (Lipinski definition) is 1. The molecule has 0 aromatic heterocycles. The van der Waals surface area contributed by atoms with E-state index in [0.29, 0.717) is 30.4 Å². The van der Waals surface area contributed by atoms with Crippen LogP contribution in [0.1, 0.15) is 40.2 Å². The molecule has 4 atom stereocenters. The Labute approximate surface area is 228 Å². The zero-order chi connectivity index (χ0) is 27.7. The fourth-order valence-electron chi connectivity index (χ4n) is 5.31. The van der Waals surface area contributed by atoms with Gasteiger partial charge >= 0.3 is 12.1 Å². The molecule has 0 radical (unpaired) electrons. The highest BCUT2D eigenvalue weighted by molar-refractivity contribution is 7.87.